The third-order valence-corrected chi connectivity index (χ3v) is 4.07. The fraction of sp³-hybridized carbons (Fsp3) is 0.158. The molecule has 3 aromatic rings. The number of fused-ring (bicyclic) bond motifs is 1. The van der Waals surface area contributed by atoms with Gasteiger partial charge >= 0.3 is 0 Å². The Labute approximate surface area is 145 Å². The van der Waals surface area contributed by atoms with E-state index < -0.39 is 6.10 Å². The number of pyridine rings is 1. The number of nitrogens with one attached hydrogen (secondary N) is 1. The van der Waals surface area contributed by atoms with Crippen molar-refractivity contribution in [1.82, 2.24) is 10.3 Å². The molecule has 0 saturated heterocycles. The van der Waals surface area contributed by atoms with Crippen LogP contribution in [0, 0.1) is 6.92 Å². The third-order valence-electron chi connectivity index (χ3n) is 3.81. The maximum Gasteiger partial charge on any atom is 0.253 e. The van der Waals surface area contributed by atoms with Gasteiger partial charge in [-0.15, -0.1) is 0 Å². The summed E-state index contributed by atoms with van der Waals surface area (Å²) in [6, 6.07) is 16.2. The summed E-state index contributed by atoms with van der Waals surface area (Å²) in [5.74, 6) is -0.258. The number of aliphatic hydroxyl groups excluding tert-OH is 1. The summed E-state index contributed by atoms with van der Waals surface area (Å²) < 4.78 is 0. The molecule has 5 heteroatoms. The van der Waals surface area contributed by atoms with Gasteiger partial charge in [-0.1, -0.05) is 41.9 Å². The molecule has 1 aromatic heterocycles. The number of carbonyl (C=O) groups excluding carboxylic acids is 1. The first kappa shape index (κ1) is 16.4. The minimum atomic E-state index is -0.795. The van der Waals surface area contributed by atoms with Crippen LogP contribution >= 0.6 is 11.6 Å². The van der Waals surface area contributed by atoms with Gasteiger partial charge in [0.1, 0.15) is 0 Å². The molecular weight excluding hydrogens is 324 g/mol. The molecule has 0 saturated carbocycles. The van der Waals surface area contributed by atoms with E-state index in [9.17, 15) is 9.90 Å². The molecule has 0 aliphatic heterocycles. The summed E-state index contributed by atoms with van der Waals surface area (Å²) in [6.45, 7) is 2.00. The lowest BCUT2D eigenvalue weighted by Crippen LogP contribution is -2.28. The SMILES string of the molecule is Cc1ccc2cccc(C(=O)NC[C@H](O)c3ccc(Cl)cc3)c2n1. The van der Waals surface area contributed by atoms with Gasteiger partial charge in [0, 0.05) is 22.6 Å². The van der Waals surface area contributed by atoms with E-state index in [2.05, 4.69) is 10.3 Å². The molecule has 0 fully saturated rings. The van der Waals surface area contributed by atoms with Crippen LogP contribution in [0.2, 0.25) is 5.02 Å². The number of rotatable bonds is 4. The maximum atomic E-state index is 12.5. The van der Waals surface area contributed by atoms with Crippen LogP contribution in [-0.2, 0) is 0 Å². The molecule has 122 valence electrons. The van der Waals surface area contributed by atoms with Gasteiger partial charge in [0.05, 0.1) is 17.2 Å². The second-order valence-corrected chi connectivity index (χ2v) is 6.04. The molecule has 0 spiro atoms. The first-order valence-electron chi connectivity index (χ1n) is 7.63. The second kappa shape index (κ2) is 6.99. The molecule has 1 atom stereocenters. The molecule has 1 heterocycles. The van der Waals surface area contributed by atoms with Gasteiger partial charge in [0.25, 0.3) is 5.91 Å². The van der Waals surface area contributed by atoms with Crippen LogP contribution in [0.4, 0.5) is 0 Å². The van der Waals surface area contributed by atoms with Crippen LogP contribution in [0.1, 0.15) is 27.7 Å². The number of hydrogen-bond acceptors (Lipinski definition) is 3. The maximum absolute atomic E-state index is 12.5. The largest absolute Gasteiger partial charge is 0.387 e. The van der Waals surface area contributed by atoms with Gasteiger partial charge in [-0.25, -0.2) is 0 Å². The predicted molar refractivity (Wildman–Crippen MR) is 95.2 cm³/mol. The minimum absolute atomic E-state index is 0.114. The van der Waals surface area contributed by atoms with Gasteiger partial charge in [0.15, 0.2) is 0 Å². The van der Waals surface area contributed by atoms with Gasteiger partial charge in [-0.3, -0.25) is 9.78 Å². The Kier molecular flexibility index (Phi) is 4.79. The lowest BCUT2D eigenvalue weighted by molar-refractivity contribution is 0.0918. The molecule has 0 aliphatic rings. The van der Waals surface area contributed by atoms with Crippen molar-refractivity contribution in [3.63, 3.8) is 0 Å². The van der Waals surface area contributed by atoms with E-state index in [1.165, 1.54) is 0 Å². The van der Waals surface area contributed by atoms with E-state index in [0.29, 0.717) is 21.7 Å². The summed E-state index contributed by atoms with van der Waals surface area (Å²) >= 11 is 5.83. The number of aromatic nitrogens is 1. The van der Waals surface area contributed by atoms with Crippen LogP contribution < -0.4 is 5.32 Å². The first-order valence-corrected chi connectivity index (χ1v) is 8.00. The summed E-state index contributed by atoms with van der Waals surface area (Å²) in [5.41, 5.74) is 2.71. The monoisotopic (exact) mass is 340 g/mol. The van der Waals surface area contributed by atoms with Crippen molar-refractivity contribution >= 4 is 28.4 Å². The average molecular weight is 341 g/mol. The van der Waals surface area contributed by atoms with Gasteiger partial charge < -0.3 is 10.4 Å². The number of halogens is 1. The fourth-order valence-corrected chi connectivity index (χ4v) is 2.64. The number of hydrogen-bond donors (Lipinski definition) is 2. The minimum Gasteiger partial charge on any atom is -0.387 e. The zero-order valence-electron chi connectivity index (χ0n) is 13.2. The predicted octanol–water partition coefficient (Wildman–Crippen LogP) is 3.66. The molecule has 1 amide bonds. The highest BCUT2D eigenvalue weighted by Crippen LogP contribution is 2.18. The molecule has 2 N–H and O–H groups in total. The molecule has 4 nitrogen and oxygen atoms in total. The molecule has 2 aromatic carbocycles. The normalized spacial score (nSPS) is 12.1. The van der Waals surface area contributed by atoms with E-state index in [1.807, 2.05) is 31.2 Å². The third kappa shape index (κ3) is 3.55. The summed E-state index contributed by atoms with van der Waals surface area (Å²) in [7, 11) is 0. The van der Waals surface area contributed by atoms with Crippen molar-refractivity contribution in [3.05, 3.63) is 76.4 Å². The lowest BCUT2D eigenvalue weighted by atomic mass is 10.1. The first-order chi connectivity index (χ1) is 11.5. The molecule has 0 bridgehead atoms. The number of amides is 1. The summed E-state index contributed by atoms with van der Waals surface area (Å²) in [5, 5.41) is 14.5. The Bertz CT molecular complexity index is 878. The number of aryl methyl sites for hydroxylation is 1. The van der Waals surface area contributed by atoms with Crippen molar-refractivity contribution < 1.29 is 9.90 Å². The Morgan fingerprint density at radius 2 is 1.92 bits per heavy atom. The standard InChI is InChI=1S/C19H17ClN2O2/c1-12-5-6-14-3-2-4-16(18(14)22-12)19(24)21-11-17(23)13-7-9-15(20)10-8-13/h2-10,17,23H,11H2,1H3,(H,21,24)/t17-/m0/s1. The zero-order valence-corrected chi connectivity index (χ0v) is 13.9. The van der Waals surface area contributed by atoms with Crippen LogP contribution in [0.5, 0.6) is 0 Å². The second-order valence-electron chi connectivity index (χ2n) is 5.61. The highest BCUT2D eigenvalue weighted by atomic mass is 35.5. The molecule has 0 unspecified atom stereocenters. The molecule has 0 radical (unpaired) electrons. The molecule has 24 heavy (non-hydrogen) atoms. The van der Waals surface area contributed by atoms with E-state index in [-0.39, 0.29) is 12.5 Å². The van der Waals surface area contributed by atoms with E-state index >= 15 is 0 Å². The quantitative estimate of drug-likeness (QED) is 0.762. The topological polar surface area (TPSA) is 62.2 Å². The number of para-hydroxylation sites is 1. The molecular formula is C19H17ClN2O2. The van der Waals surface area contributed by atoms with E-state index in [4.69, 9.17) is 11.6 Å². The number of aliphatic hydroxyl groups is 1. The van der Waals surface area contributed by atoms with E-state index in [1.54, 1.807) is 30.3 Å². The fourth-order valence-electron chi connectivity index (χ4n) is 2.52. The lowest BCUT2D eigenvalue weighted by Gasteiger charge is -2.13. The summed E-state index contributed by atoms with van der Waals surface area (Å²) in [6.07, 6.45) is -0.795. The highest BCUT2D eigenvalue weighted by molar-refractivity contribution is 6.30. The van der Waals surface area contributed by atoms with Crippen molar-refractivity contribution in [2.45, 2.75) is 13.0 Å². The van der Waals surface area contributed by atoms with Gasteiger partial charge in [-0.05, 0) is 36.8 Å². The van der Waals surface area contributed by atoms with Crippen molar-refractivity contribution in [2.24, 2.45) is 0 Å². The smallest absolute Gasteiger partial charge is 0.253 e. The number of benzene rings is 2. The Morgan fingerprint density at radius 3 is 2.67 bits per heavy atom. The van der Waals surface area contributed by atoms with E-state index in [0.717, 1.165) is 11.1 Å². The van der Waals surface area contributed by atoms with Crippen molar-refractivity contribution in [2.75, 3.05) is 6.54 Å². The van der Waals surface area contributed by atoms with Crippen LogP contribution in [0.3, 0.4) is 0 Å². The average Bonchev–Trinajstić information content (AvgIpc) is 2.59. The van der Waals surface area contributed by atoms with Crippen LogP contribution in [0.25, 0.3) is 10.9 Å². The molecule has 0 aliphatic carbocycles. The molecule has 3 rings (SSSR count). The Hall–Kier alpha value is -2.43. The highest BCUT2D eigenvalue weighted by Gasteiger charge is 2.14. The van der Waals surface area contributed by atoms with Gasteiger partial charge in [0.2, 0.25) is 0 Å². The number of nitrogens with zero attached hydrogens (tertiary/aromatic N) is 1. The number of carbonyl (C=O) groups is 1. The van der Waals surface area contributed by atoms with Crippen molar-refractivity contribution in [1.29, 1.82) is 0 Å². The van der Waals surface area contributed by atoms with Crippen LogP contribution in [-0.4, -0.2) is 22.5 Å². The summed E-state index contributed by atoms with van der Waals surface area (Å²) in [4.78, 5) is 16.9. The Morgan fingerprint density at radius 1 is 1.17 bits per heavy atom. The Balaban J connectivity index is 1.75. The zero-order chi connectivity index (χ0) is 17.1. The van der Waals surface area contributed by atoms with Crippen LogP contribution in [0.15, 0.2) is 54.6 Å². The van der Waals surface area contributed by atoms with Gasteiger partial charge in [-0.2, -0.15) is 0 Å². The van der Waals surface area contributed by atoms with Crippen molar-refractivity contribution in [3.8, 4) is 0 Å².